The second-order valence-electron chi connectivity index (χ2n) is 3.87. The Morgan fingerprint density at radius 1 is 1.33 bits per heavy atom. The van der Waals surface area contributed by atoms with E-state index >= 15 is 0 Å². The maximum atomic E-state index is 12.0. The van der Waals surface area contributed by atoms with Gasteiger partial charge in [-0.1, -0.05) is 0 Å². The molecule has 1 rings (SSSR count). The van der Waals surface area contributed by atoms with Crippen molar-refractivity contribution in [2.75, 3.05) is 26.7 Å². The van der Waals surface area contributed by atoms with Crippen molar-refractivity contribution in [1.29, 1.82) is 0 Å². The van der Waals surface area contributed by atoms with E-state index in [0.717, 1.165) is 3.79 Å². The minimum atomic E-state index is -0.127. The first-order chi connectivity index (χ1) is 8.49. The van der Waals surface area contributed by atoms with Crippen LogP contribution in [0.25, 0.3) is 0 Å². The number of rotatable bonds is 5. The zero-order chi connectivity index (χ0) is 13.7. The van der Waals surface area contributed by atoms with E-state index in [9.17, 15) is 9.59 Å². The van der Waals surface area contributed by atoms with E-state index in [1.165, 1.54) is 16.2 Å². The van der Waals surface area contributed by atoms with Crippen molar-refractivity contribution < 1.29 is 9.59 Å². The highest BCUT2D eigenvalue weighted by molar-refractivity contribution is 9.11. The minimum Gasteiger partial charge on any atom is -0.342 e. The molecule has 0 radical (unpaired) electrons. The van der Waals surface area contributed by atoms with Gasteiger partial charge in [0, 0.05) is 25.5 Å². The van der Waals surface area contributed by atoms with Gasteiger partial charge in [0.2, 0.25) is 5.91 Å². The van der Waals surface area contributed by atoms with Crippen molar-refractivity contribution in [1.82, 2.24) is 9.80 Å². The molecule has 0 aliphatic rings. The summed E-state index contributed by atoms with van der Waals surface area (Å²) in [5, 5.41) is 1.78. The van der Waals surface area contributed by atoms with E-state index in [1.807, 2.05) is 13.8 Å². The van der Waals surface area contributed by atoms with Crippen molar-refractivity contribution in [3.8, 4) is 0 Å². The van der Waals surface area contributed by atoms with Gasteiger partial charge in [0.15, 0.2) is 0 Å². The van der Waals surface area contributed by atoms with Crippen LogP contribution in [0, 0.1) is 0 Å². The van der Waals surface area contributed by atoms with Crippen LogP contribution in [0.3, 0.4) is 0 Å². The van der Waals surface area contributed by atoms with Gasteiger partial charge in [-0.25, -0.2) is 0 Å². The Morgan fingerprint density at radius 3 is 2.39 bits per heavy atom. The van der Waals surface area contributed by atoms with E-state index in [0.29, 0.717) is 18.7 Å². The van der Waals surface area contributed by atoms with Crippen LogP contribution in [0.15, 0.2) is 15.2 Å². The van der Waals surface area contributed by atoms with Crippen molar-refractivity contribution in [3.05, 3.63) is 20.8 Å². The van der Waals surface area contributed by atoms with Gasteiger partial charge in [0.05, 0.1) is 15.9 Å². The fourth-order valence-electron chi connectivity index (χ4n) is 1.59. The summed E-state index contributed by atoms with van der Waals surface area (Å²) in [6.07, 6.45) is 0. The number of halogens is 1. The van der Waals surface area contributed by atoms with E-state index in [-0.39, 0.29) is 18.4 Å². The average Bonchev–Trinajstić information content (AvgIpc) is 2.76. The van der Waals surface area contributed by atoms with Crippen LogP contribution in [0.5, 0.6) is 0 Å². The highest BCUT2D eigenvalue weighted by atomic mass is 79.9. The average molecular weight is 333 g/mol. The smallest absolute Gasteiger partial charge is 0.254 e. The molecule has 4 nitrogen and oxygen atoms in total. The molecule has 0 spiro atoms. The summed E-state index contributed by atoms with van der Waals surface area (Å²) in [5.41, 5.74) is 0.613. The summed E-state index contributed by atoms with van der Waals surface area (Å²) in [6, 6.07) is 1.77. The number of carbonyl (C=O) groups excluding carboxylic acids is 2. The first-order valence-electron chi connectivity index (χ1n) is 5.76. The Kier molecular flexibility index (Phi) is 5.81. The third-order valence-electron chi connectivity index (χ3n) is 2.65. The molecule has 1 aromatic rings. The van der Waals surface area contributed by atoms with Crippen LogP contribution in [-0.2, 0) is 4.79 Å². The lowest BCUT2D eigenvalue weighted by Crippen LogP contribution is -2.40. The van der Waals surface area contributed by atoms with E-state index in [1.54, 1.807) is 23.4 Å². The molecule has 1 heterocycles. The summed E-state index contributed by atoms with van der Waals surface area (Å²) >= 11 is 4.78. The van der Waals surface area contributed by atoms with Gasteiger partial charge < -0.3 is 9.80 Å². The van der Waals surface area contributed by atoms with Crippen LogP contribution >= 0.6 is 27.3 Å². The maximum absolute atomic E-state index is 12.0. The molecule has 6 heteroatoms. The Morgan fingerprint density at radius 2 is 1.94 bits per heavy atom. The lowest BCUT2D eigenvalue weighted by Gasteiger charge is -2.22. The molecule has 100 valence electrons. The second kappa shape index (κ2) is 6.89. The number of nitrogens with zero attached hydrogens (tertiary/aromatic N) is 2. The number of thiophene rings is 1. The topological polar surface area (TPSA) is 40.6 Å². The van der Waals surface area contributed by atoms with Crippen molar-refractivity contribution >= 4 is 39.1 Å². The van der Waals surface area contributed by atoms with Crippen LogP contribution in [0.2, 0.25) is 0 Å². The third kappa shape index (κ3) is 3.81. The van der Waals surface area contributed by atoms with Gasteiger partial charge in [-0.2, -0.15) is 0 Å². The Hall–Kier alpha value is -0.880. The predicted molar refractivity (Wildman–Crippen MR) is 76.9 cm³/mol. The van der Waals surface area contributed by atoms with Crippen LogP contribution in [0.4, 0.5) is 0 Å². The summed E-state index contributed by atoms with van der Waals surface area (Å²) in [6.45, 7) is 5.31. The lowest BCUT2D eigenvalue weighted by atomic mass is 10.3. The molecule has 0 atom stereocenters. The van der Waals surface area contributed by atoms with Gasteiger partial charge in [0.25, 0.3) is 5.91 Å². The zero-order valence-corrected chi connectivity index (χ0v) is 13.2. The fourth-order valence-corrected chi connectivity index (χ4v) is 2.72. The number of likely N-dealkylation sites (N-methyl/N-ethyl adjacent to an activating group) is 2. The van der Waals surface area contributed by atoms with Crippen molar-refractivity contribution in [3.63, 3.8) is 0 Å². The highest BCUT2D eigenvalue weighted by Gasteiger charge is 2.18. The molecule has 0 aliphatic heterocycles. The Labute approximate surface area is 120 Å². The van der Waals surface area contributed by atoms with Gasteiger partial charge in [-0.3, -0.25) is 9.59 Å². The molecule has 1 aromatic heterocycles. The number of carbonyl (C=O) groups is 2. The predicted octanol–water partition coefficient (Wildman–Crippen LogP) is 2.45. The third-order valence-corrected chi connectivity index (χ3v) is 4.15. The first-order valence-corrected chi connectivity index (χ1v) is 7.44. The van der Waals surface area contributed by atoms with Gasteiger partial charge in [0.1, 0.15) is 0 Å². The standard InChI is InChI=1S/C12H17BrN2O2S/c1-4-15(5-2)11(16)7-14(3)12(17)9-6-10(13)18-8-9/h6,8H,4-5,7H2,1-3H3. The van der Waals surface area contributed by atoms with E-state index < -0.39 is 0 Å². The molecule has 0 unspecified atom stereocenters. The molecule has 0 bridgehead atoms. The summed E-state index contributed by atoms with van der Waals surface area (Å²) in [4.78, 5) is 27.1. The zero-order valence-electron chi connectivity index (χ0n) is 10.8. The summed E-state index contributed by atoms with van der Waals surface area (Å²) < 4.78 is 0.911. The van der Waals surface area contributed by atoms with Crippen molar-refractivity contribution in [2.24, 2.45) is 0 Å². The molecule has 0 aliphatic carbocycles. The summed E-state index contributed by atoms with van der Waals surface area (Å²) in [5.74, 6) is -0.150. The monoisotopic (exact) mass is 332 g/mol. The maximum Gasteiger partial charge on any atom is 0.254 e. The number of hydrogen-bond donors (Lipinski definition) is 0. The Bertz CT molecular complexity index is 429. The molecule has 2 amide bonds. The van der Waals surface area contributed by atoms with E-state index in [2.05, 4.69) is 15.9 Å². The SMILES string of the molecule is CCN(CC)C(=O)CN(C)C(=O)c1csc(Br)c1. The van der Waals surface area contributed by atoms with Crippen LogP contribution < -0.4 is 0 Å². The molecular weight excluding hydrogens is 316 g/mol. The molecule has 0 aromatic carbocycles. The largest absolute Gasteiger partial charge is 0.342 e. The van der Waals surface area contributed by atoms with E-state index in [4.69, 9.17) is 0 Å². The number of amides is 2. The minimum absolute atomic E-state index is 0.0230. The fraction of sp³-hybridized carbons (Fsp3) is 0.500. The Balaban J connectivity index is 2.63. The quantitative estimate of drug-likeness (QED) is 0.830. The second-order valence-corrected chi connectivity index (χ2v) is 6.16. The molecule has 0 N–H and O–H groups in total. The molecule has 0 fully saturated rings. The first kappa shape index (κ1) is 15.2. The lowest BCUT2D eigenvalue weighted by molar-refractivity contribution is -0.131. The van der Waals surface area contributed by atoms with Crippen molar-refractivity contribution in [2.45, 2.75) is 13.8 Å². The normalized spacial score (nSPS) is 10.2. The molecule has 0 saturated heterocycles. The van der Waals surface area contributed by atoms with Gasteiger partial charge in [-0.05, 0) is 35.8 Å². The summed E-state index contributed by atoms with van der Waals surface area (Å²) in [7, 11) is 1.65. The van der Waals surface area contributed by atoms with Crippen LogP contribution in [-0.4, -0.2) is 48.3 Å². The number of hydrogen-bond acceptors (Lipinski definition) is 3. The molecule has 18 heavy (non-hydrogen) atoms. The molecular formula is C12H17BrN2O2S. The van der Waals surface area contributed by atoms with Gasteiger partial charge >= 0.3 is 0 Å². The highest BCUT2D eigenvalue weighted by Crippen LogP contribution is 2.21. The van der Waals surface area contributed by atoms with Gasteiger partial charge in [-0.15, -0.1) is 11.3 Å². The van der Waals surface area contributed by atoms with Crippen LogP contribution in [0.1, 0.15) is 24.2 Å². The molecule has 0 saturated carbocycles.